The van der Waals surface area contributed by atoms with Gasteiger partial charge in [-0.25, -0.2) is 0 Å². The molecule has 0 bridgehead atoms. The van der Waals surface area contributed by atoms with E-state index in [1.807, 2.05) is 0 Å². The van der Waals surface area contributed by atoms with Gasteiger partial charge in [-0.1, -0.05) is 266 Å². The fourth-order valence-corrected chi connectivity index (χ4v) is 8.34. The second-order valence-electron chi connectivity index (χ2n) is 19.8. The maximum Gasteiger partial charge on any atom is 0.306 e. The third-order valence-corrected chi connectivity index (χ3v) is 12.5. The van der Waals surface area contributed by atoms with Crippen LogP contribution in [-0.4, -0.2) is 37.2 Å². The number of rotatable bonds is 49. The molecule has 1 atom stereocenters. The van der Waals surface area contributed by atoms with Gasteiger partial charge in [0.15, 0.2) is 6.10 Å². The van der Waals surface area contributed by atoms with E-state index >= 15 is 0 Å². The summed E-state index contributed by atoms with van der Waals surface area (Å²) in [4.78, 5) is 38.0. The van der Waals surface area contributed by atoms with Gasteiger partial charge in [-0.15, -0.1) is 0 Å². The Labute approximate surface area is 380 Å². The largest absolute Gasteiger partial charge is 0.462 e. The fourth-order valence-electron chi connectivity index (χ4n) is 8.34. The molecule has 0 aromatic rings. The minimum absolute atomic E-state index is 0.0639. The lowest BCUT2D eigenvalue weighted by atomic mass is 10.0. The van der Waals surface area contributed by atoms with Crippen LogP contribution < -0.4 is 0 Å². The van der Waals surface area contributed by atoms with Crippen LogP contribution in [0.15, 0.2) is 0 Å². The second-order valence-corrected chi connectivity index (χ2v) is 19.8. The molecule has 0 rings (SSSR count). The zero-order chi connectivity index (χ0) is 44.7. The highest BCUT2D eigenvalue weighted by molar-refractivity contribution is 5.71. The molecular formula is C55H106O6. The van der Waals surface area contributed by atoms with Crippen LogP contribution in [0, 0.1) is 11.8 Å². The SMILES string of the molecule is CCCCCCCCCCCCCCCCCCCCCC(=O)OC[C@H](COC(=O)CCCCCCCCCCC(C)C)OC(=O)CCCCCCCCCCCCC(C)C. The third kappa shape index (κ3) is 49.3. The third-order valence-electron chi connectivity index (χ3n) is 12.5. The van der Waals surface area contributed by atoms with E-state index in [4.69, 9.17) is 14.2 Å². The van der Waals surface area contributed by atoms with Gasteiger partial charge in [0, 0.05) is 19.3 Å². The number of hydrogen-bond acceptors (Lipinski definition) is 6. The number of carbonyl (C=O) groups is 3. The van der Waals surface area contributed by atoms with Crippen LogP contribution in [0.5, 0.6) is 0 Å². The van der Waals surface area contributed by atoms with Crippen LogP contribution in [0.25, 0.3) is 0 Å². The molecule has 6 nitrogen and oxygen atoms in total. The minimum atomic E-state index is -0.762. The van der Waals surface area contributed by atoms with E-state index in [1.165, 1.54) is 193 Å². The molecule has 0 spiro atoms. The first kappa shape index (κ1) is 59.4. The van der Waals surface area contributed by atoms with Crippen molar-refractivity contribution >= 4 is 17.9 Å². The van der Waals surface area contributed by atoms with Crippen LogP contribution in [0.3, 0.4) is 0 Å². The normalized spacial score (nSPS) is 12.0. The highest BCUT2D eigenvalue weighted by atomic mass is 16.6. The Balaban J connectivity index is 4.25. The van der Waals surface area contributed by atoms with E-state index in [2.05, 4.69) is 34.6 Å². The van der Waals surface area contributed by atoms with Gasteiger partial charge < -0.3 is 14.2 Å². The zero-order valence-electron chi connectivity index (χ0n) is 41.8. The summed E-state index contributed by atoms with van der Waals surface area (Å²) in [5.41, 5.74) is 0. The monoisotopic (exact) mass is 863 g/mol. The maximum absolute atomic E-state index is 12.8. The Morgan fingerprint density at radius 2 is 0.541 bits per heavy atom. The molecule has 0 unspecified atom stereocenters. The summed E-state index contributed by atoms with van der Waals surface area (Å²) in [5.74, 6) is 0.764. The number of hydrogen-bond donors (Lipinski definition) is 0. The molecule has 0 aliphatic heterocycles. The molecule has 0 aromatic carbocycles. The van der Waals surface area contributed by atoms with Crippen molar-refractivity contribution in [1.82, 2.24) is 0 Å². The predicted octanol–water partition coefficient (Wildman–Crippen LogP) is 17.7. The van der Waals surface area contributed by atoms with E-state index in [0.717, 1.165) is 69.6 Å². The standard InChI is InChI=1S/C55H106O6/c1-6-7-8-9-10-11-12-13-14-15-16-17-18-19-20-24-30-35-40-45-53(56)59-48-52(49-60-54(57)46-41-36-31-27-26-29-34-39-44-51(4)5)61-55(58)47-42-37-32-25-22-21-23-28-33-38-43-50(2)3/h50-52H,6-49H2,1-5H3/t52-/m1/s1. The zero-order valence-corrected chi connectivity index (χ0v) is 41.8. The number of ether oxygens (including phenoxy) is 3. The molecule has 0 aliphatic carbocycles. The van der Waals surface area contributed by atoms with Crippen LogP contribution in [0.1, 0.15) is 304 Å². The van der Waals surface area contributed by atoms with Crippen molar-refractivity contribution in [1.29, 1.82) is 0 Å². The van der Waals surface area contributed by atoms with Crippen molar-refractivity contribution in [3.63, 3.8) is 0 Å². The number of carbonyl (C=O) groups excluding carboxylic acids is 3. The Bertz CT molecular complexity index is 931. The molecule has 0 saturated carbocycles. The van der Waals surface area contributed by atoms with Gasteiger partial charge >= 0.3 is 17.9 Å². The Kier molecular flexibility index (Phi) is 46.6. The first-order valence-corrected chi connectivity index (χ1v) is 27.2. The van der Waals surface area contributed by atoms with Gasteiger partial charge in [0.05, 0.1) is 0 Å². The van der Waals surface area contributed by atoms with E-state index in [-0.39, 0.29) is 31.1 Å². The Morgan fingerprint density at radius 1 is 0.311 bits per heavy atom. The van der Waals surface area contributed by atoms with Crippen molar-refractivity contribution in [2.75, 3.05) is 13.2 Å². The molecule has 0 fully saturated rings. The molecule has 6 heteroatoms. The fraction of sp³-hybridized carbons (Fsp3) is 0.945. The summed E-state index contributed by atoms with van der Waals surface area (Å²) in [6.45, 7) is 11.3. The Morgan fingerprint density at radius 3 is 0.803 bits per heavy atom. The van der Waals surface area contributed by atoms with Crippen molar-refractivity contribution < 1.29 is 28.6 Å². The van der Waals surface area contributed by atoms with Crippen LogP contribution >= 0.6 is 0 Å². The molecule has 0 aromatic heterocycles. The summed E-state index contributed by atoms with van der Waals surface area (Å²) in [6, 6.07) is 0. The molecule has 0 aliphatic rings. The first-order chi connectivity index (χ1) is 29.7. The van der Waals surface area contributed by atoms with E-state index in [0.29, 0.717) is 19.3 Å². The summed E-state index contributed by atoms with van der Waals surface area (Å²) < 4.78 is 16.8. The van der Waals surface area contributed by atoms with Gasteiger partial charge in [0.2, 0.25) is 0 Å². The molecular weight excluding hydrogens is 757 g/mol. The molecule has 0 N–H and O–H groups in total. The highest BCUT2D eigenvalue weighted by Gasteiger charge is 2.19. The average molecular weight is 863 g/mol. The summed E-state index contributed by atoms with van der Waals surface area (Å²) in [5, 5.41) is 0. The molecule has 0 heterocycles. The first-order valence-electron chi connectivity index (χ1n) is 27.2. The van der Waals surface area contributed by atoms with Crippen LogP contribution in [-0.2, 0) is 28.6 Å². The topological polar surface area (TPSA) is 78.9 Å². The maximum atomic E-state index is 12.8. The van der Waals surface area contributed by atoms with E-state index in [1.54, 1.807) is 0 Å². The second kappa shape index (κ2) is 47.9. The van der Waals surface area contributed by atoms with Gasteiger partial charge in [0.25, 0.3) is 0 Å². The van der Waals surface area contributed by atoms with Crippen LogP contribution in [0.4, 0.5) is 0 Å². The van der Waals surface area contributed by atoms with Gasteiger partial charge in [-0.05, 0) is 31.1 Å². The van der Waals surface area contributed by atoms with E-state index in [9.17, 15) is 14.4 Å². The lowest BCUT2D eigenvalue weighted by Crippen LogP contribution is -2.30. The van der Waals surface area contributed by atoms with Crippen molar-refractivity contribution in [2.45, 2.75) is 310 Å². The van der Waals surface area contributed by atoms with E-state index < -0.39 is 6.10 Å². The smallest absolute Gasteiger partial charge is 0.306 e. The lowest BCUT2D eigenvalue weighted by Gasteiger charge is -2.18. The summed E-state index contributed by atoms with van der Waals surface area (Å²) in [7, 11) is 0. The number of unbranched alkanes of at least 4 members (excludes halogenated alkanes) is 34. The van der Waals surface area contributed by atoms with Crippen LogP contribution in [0.2, 0.25) is 0 Å². The number of esters is 3. The molecule has 61 heavy (non-hydrogen) atoms. The molecule has 362 valence electrons. The minimum Gasteiger partial charge on any atom is -0.462 e. The quantitative estimate of drug-likeness (QED) is 0.0344. The average Bonchev–Trinajstić information content (AvgIpc) is 3.23. The Hall–Kier alpha value is -1.59. The van der Waals surface area contributed by atoms with Gasteiger partial charge in [-0.2, -0.15) is 0 Å². The van der Waals surface area contributed by atoms with Crippen molar-refractivity contribution in [3.05, 3.63) is 0 Å². The molecule has 0 amide bonds. The lowest BCUT2D eigenvalue weighted by molar-refractivity contribution is -0.167. The molecule has 0 radical (unpaired) electrons. The van der Waals surface area contributed by atoms with Gasteiger partial charge in [-0.3, -0.25) is 14.4 Å². The predicted molar refractivity (Wildman–Crippen MR) is 261 cm³/mol. The van der Waals surface area contributed by atoms with Gasteiger partial charge in [0.1, 0.15) is 13.2 Å². The summed E-state index contributed by atoms with van der Waals surface area (Å²) >= 11 is 0. The van der Waals surface area contributed by atoms with Crippen molar-refractivity contribution in [3.8, 4) is 0 Å². The molecule has 0 saturated heterocycles. The highest BCUT2D eigenvalue weighted by Crippen LogP contribution is 2.18. The van der Waals surface area contributed by atoms with Crippen molar-refractivity contribution in [2.24, 2.45) is 11.8 Å². The summed E-state index contributed by atoms with van der Waals surface area (Å²) in [6.07, 6.45) is 49.6.